The van der Waals surface area contributed by atoms with Gasteiger partial charge in [0.25, 0.3) is 0 Å². The van der Waals surface area contributed by atoms with Crippen LogP contribution in [0.4, 0.5) is 5.69 Å². The molecule has 1 atom stereocenters. The van der Waals surface area contributed by atoms with Gasteiger partial charge in [0, 0.05) is 11.3 Å². The summed E-state index contributed by atoms with van der Waals surface area (Å²) in [5, 5.41) is 15.8. The summed E-state index contributed by atoms with van der Waals surface area (Å²) >= 11 is 0. The Morgan fingerprint density at radius 3 is 2.79 bits per heavy atom. The average Bonchev–Trinajstić information content (AvgIpc) is 2.50. The minimum absolute atomic E-state index is 0.238. The summed E-state index contributed by atoms with van der Waals surface area (Å²) in [4.78, 5) is 0. The van der Waals surface area contributed by atoms with E-state index < -0.39 is 0 Å². The topological polar surface area (TPSA) is 44.6 Å². The summed E-state index contributed by atoms with van der Waals surface area (Å²) in [6, 6.07) is 7.90. The summed E-state index contributed by atoms with van der Waals surface area (Å²) in [5.41, 5.74) is 2.54. The molecule has 1 aliphatic rings. The van der Waals surface area contributed by atoms with E-state index in [0.29, 0.717) is 0 Å². The maximum atomic E-state index is 9.03. The predicted octanol–water partition coefficient (Wildman–Crippen LogP) is 2.46. The van der Waals surface area contributed by atoms with E-state index in [0.717, 1.165) is 23.4 Å². The summed E-state index contributed by atoms with van der Waals surface area (Å²) in [6.07, 6.45) is 0.890. The first kappa shape index (κ1) is 9.06. The van der Waals surface area contributed by atoms with Crippen LogP contribution in [-0.4, -0.2) is 16.5 Å². The molecule has 0 spiro atoms. The third-order valence-electron chi connectivity index (χ3n) is 2.92. The molecule has 74 valence electrons. The molecule has 2 rings (SSSR count). The smallest absolute Gasteiger partial charge is 0.114 e. The van der Waals surface area contributed by atoms with Crippen LogP contribution in [0.2, 0.25) is 0 Å². The van der Waals surface area contributed by atoms with Crippen molar-refractivity contribution in [2.45, 2.75) is 25.8 Å². The minimum atomic E-state index is -0.238. The molecule has 0 saturated carbocycles. The van der Waals surface area contributed by atoms with E-state index in [9.17, 15) is 0 Å². The molecule has 1 heterocycles. The molecule has 1 aromatic rings. The second-order valence-electron chi connectivity index (χ2n) is 3.80. The van der Waals surface area contributed by atoms with Gasteiger partial charge in [-0.2, -0.15) is 0 Å². The molecule has 0 aromatic heterocycles. The highest BCUT2D eigenvalue weighted by Crippen LogP contribution is 2.34. The van der Waals surface area contributed by atoms with Crippen molar-refractivity contribution in [1.29, 1.82) is 0 Å². The maximum Gasteiger partial charge on any atom is 0.114 e. The number of para-hydroxylation sites is 1. The third kappa shape index (κ3) is 1.09. The van der Waals surface area contributed by atoms with Gasteiger partial charge in [0.2, 0.25) is 0 Å². The van der Waals surface area contributed by atoms with Crippen molar-refractivity contribution in [3.05, 3.63) is 29.8 Å². The minimum Gasteiger partial charge on any atom is -0.411 e. The molecule has 1 unspecified atom stereocenters. The molecule has 2 N–H and O–H groups in total. The standard InChI is InChI=1S/C11H14N2O/c1-3-11(2)10(13-14)8-6-4-5-7-9(8)12-11/h4-7,12,14H,3H2,1-2H3. The number of nitrogens with zero attached hydrogens (tertiary/aromatic N) is 1. The molecule has 1 aromatic carbocycles. The highest BCUT2D eigenvalue weighted by Gasteiger charge is 2.37. The number of benzene rings is 1. The van der Waals surface area contributed by atoms with E-state index >= 15 is 0 Å². The van der Waals surface area contributed by atoms with Crippen LogP contribution in [-0.2, 0) is 0 Å². The first-order valence-corrected chi connectivity index (χ1v) is 4.81. The van der Waals surface area contributed by atoms with Crippen molar-refractivity contribution in [3.63, 3.8) is 0 Å². The molecule has 0 bridgehead atoms. The predicted molar refractivity (Wildman–Crippen MR) is 57.1 cm³/mol. The van der Waals surface area contributed by atoms with Gasteiger partial charge >= 0.3 is 0 Å². The molecule has 0 saturated heterocycles. The fourth-order valence-corrected chi connectivity index (χ4v) is 1.87. The molecular formula is C11H14N2O. The Bertz CT molecular complexity index is 387. The van der Waals surface area contributed by atoms with Crippen LogP contribution in [0.3, 0.4) is 0 Å². The van der Waals surface area contributed by atoms with Crippen molar-refractivity contribution >= 4 is 11.4 Å². The number of nitrogens with one attached hydrogen (secondary N) is 1. The number of rotatable bonds is 1. The van der Waals surface area contributed by atoms with Gasteiger partial charge in [-0.1, -0.05) is 30.3 Å². The van der Waals surface area contributed by atoms with Gasteiger partial charge in [0.1, 0.15) is 5.71 Å². The summed E-state index contributed by atoms with van der Waals surface area (Å²) in [7, 11) is 0. The van der Waals surface area contributed by atoms with Crippen LogP contribution < -0.4 is 5.32 Å². The SMILES string of the molecule is CCC1(C)Nc2ccccc2C1=NO. The molecule has 0 aliphatic carbocycles. The Kier molecular flexibility index (Phi) is 1.95. The van der Waals surface area contributed by atoms with Gasteiger partial charge in [-0.25, -0.2) is 0 Å². The van der Waals surface area contributed by atoms with Crippen LogP contribution in [0.15, 0.2) is 29.4 Å². The van der Waals surface area contributed by atoms with Crippen molar-refractivity contribution in [2.24, 2.45) is 5.16 Å². The molecule has 3 heteroatoms. The van der Waals surface area contributed by atoms with Crippen molar-refractivity contribution in [3.8, 4) is 0 Å². The fraction of sp³-hybridized carbons (Fsp3) is 0.364. The van der Waals surface area contributed by atoms with Crippen molar-refractivity contribution in [2.75, 3.05) is 5.32 Å². The van der Waals surface area contributed by atoms with E-state index in [1.807, 2.05) is 31.2 Å². The first-order chi connectivity index (χ1) is 6.71. The van der Waals surface area contributed by atoms with Gasteiger partial charge in [0.15, 0.2) is 0 Å². The zero-order valence-electron chi connectivity index (χ0n) is 8.41. The van der Waals surface area contributed by atoms with E-state index in [1.165, 1.54) is 0 Å². The maximum absolute atomic E-state index is 9.03. The van der Waals surface area contributed by atoms with Gasteiger partial charge < -0.3 is 10.5 Å². The van der Waals surface area contributed by atoms with Gasteiger partial charge in [-0.05, 0) is 19.4 Å². The Morgan fingerprint density at radius 2 is 2.14 bits per heavy atom. The van der Waals surface area contributed by atoms with Crippen molar-refractivity contribution in [1.82, 2.24) is 0 Å². The number of hydrogen-bond donors (Lipinski definition) is 2. The Labute approximate surface area is 83.4 Å². The summed E-state index contributed by atoms with van der Waals surface area (Å²) in [6.45, 7) is 4.12. The zero-order chi connectivity index (χ0) is 10.2. The van der Waals surface area contributed by atoms with Crippen LogP contribution in [0, 0.1) is 0 Å². The Morgan fingerprint density at radius 1 is 1.43 bits per heavy atom. The summed E-state index contributed by atoms with van der Waals surface area (Å²) in [5.74, 6) is 0. The monoisotopic (exact) mass is 190 g/mol. The van der Waals surface area contributed by atoms with Crippen LogP contribution in [0.1, 0.15) is 25.8 Å². The first-order valence-electron chi connectivity index (χ1n) is 4.81. The normalized spacial score (nSPS) is 27.4. The van der Waals surface area contributed by atoms with E-state index in [1.54, 1.807) is 0 Å². The Balaban J connectivity index is 2.55. The highest BCUT2D eigenvalue weighted by molar-refractivity contribution is 6.16. The van der Waals surface area contributed by atoms with E-state index in [-0.39, 0.29) is 5.54 Å². The Hall–Kier alpha value is -1.51. The van der Waals surface area contributed by atoms with E-state index in [2.05, 4.69) is 17.4 Å². The number of fused-ring (bicyclic) bond motifs is 1. The lowest BCUT2D eigenvalue weighted by atomic mass is 9.92. The second-order valence-corrected chi connectivity index (χ2v) is 3.80. The lowest BCUT2D eigenvalue weighted by molar-refractivity contribution is 0.315. The number of hydrogen-bond acceptors (Lipinski definition) is 3. The van der Waals surface area contributed by atoms with Crippen LogP contribution in [0.5, 0.6) is 0 Å². The second kappa shape index (κ2) is 3.01. The quantitative estimate of drug-likeness (QED) is 0.527. The molecule has 0 amide bonds. The lowest BCUT2D eigenvalue weighted by Gasteiger charge is -2.23. The molecule has 0 fully saturated rings. The molecular weight excluding hydrogens is 176 g/mol. The van der Waals surface area contributed by atoms with Crippen molar-refractivity contribution < 1.29 is 5.21 Å². The summed E-state index contributed by atoms with van der Waals surface area (Å²) < 4.78 is 0. The molecule has 3 nitrogen and oxygen atoms in total. The molecule has 1 aliphatic heterocycles. The largest absolute Gasteiger partial charge is 0.411 e. The highest BCUT2D eigenvalue weighted by atomic mass is 16.4. The van der Waals surface area contributed by atoms with Crippen LogP contribution in [0.25, 0.3) is 0 Å². The third-order valence-corrected chi connectivity index (χ3v) is 2.92. The van der Waals surface area contributed by atoms with Gasteiger partial charge in [-0.3, -0.25) is 0 Å². The molecule has 14 heavy (non-hydrogen) atoms. The number of oxime groups is 1. The van der Waals surface area contributed by atoms with Gasteiger partial charge in [0.05, 0.1) is 5.54 Å². The lowest BCUT2D eigenvalue weighted by Crippen LogP contribution is -2.37. The van der Waals surface area contributed by atoms with E-state index in [4.69, 9.17) is 5.21 Å². The average molecular weight is 190 g/mol. The molecule has 0 radical (unpaired) electrons. The fourth-order valence-electron chi connectivity index (χ4n) is 1.87. The zero-order valence-corrected chi connectivity index (χ0v) is 8.41. The van der Waals surface area contributed by atoms with Gasteiger partial charge in [-0.15, -0.1) is 0 Å². The number of anilines is 1. The van der Waals surface area contributed by atoms with Crippen LogP contribution >= 0.6 is 0 Å².